The average molecular weight is 823 g/mol. The molecule has 4 saturated heterocycles. The predicted molar refractivity (Wildman–Crippen MR) is 241 cm³/mol. The first-order valence-electron chi connectivity index (χ1n) is 22.6. The maximum Gasteiger partial charge on any atom is 0.245 e. The Bertz CT molecular complexity index is 2350. The zero-order valence-electron chi connectivity index (χ0n) is 35.3. The van der Waals surface area contributed by atoms with E-state index in [0.29, 0.717) is 0 Å². The average Bonchev–Trinajstić information content (AvgIpc) is 4.17. The van der Waals surface area contributed by atoms with E-state index in [1.807, 2.05) is 73.1 Å². The van der Waals surface area contributed by atoms with Crippen LogP contribution in [0, 0.1) is 11.8 Å². The Morgan fingerprint density at radius 2 is 0.887 bits per heavy atom. The topological polar surface area (TPSA) is 104 Å². The number of likely N-dealkylation sites (tertiary alicyclic amines) is 4. The third kappa shape index (κ3) is 8.23. The van der Waals surface area contributed by atoms with Gasteiger partial charge in [0.25, 0.3) is 0 Å². The third-order valence-electron chi connectivity index (χ3n) is 13.3. The highest BCUT2D eigenvalue weighted by Crippen LogP contribution is 2.38. The molecule has 0 radical (unpaired) electrons. The van der Waals surface area contributed by atoms with Crippen LogP contribution in [0.2, 0.25) is 0 Å². The number of rotatable bonds is 10. The molecule has 0 spiro atoms. The zero-order chi connectivity index (χ0) is 41.8. The van der Waals surface area contributed by atoms with Gasteiger partial charge >= 0.3 is 0 Å². The van der Waals surface area contributed by atoms with Crippen molar-refractivity contribution in [1.29, 1.82) is 0 Å². The smallest absolute Gasteiger partial charge is 0.245 e. The lowest BCUT2D eigenvalue weighted by atomic mass is 10.0. The number of aromatic amines is 2. The normalized spacial score (nSPS) is 20.3. The summed E-state index contributed by atoms with van der Waals surface area (Å²) in [7, 11) is 0. The fourth-order valence-corrected chi connectivity index (χ4v) is 10.1. The Balaban J connectivity index is 0.781. The molecule has 0 bridgehead atoms. The van der Waals surface area contributed by atoms with E-state index < -0.39 is 0 Å². The first-order valence-corrected chi connectivity index (χ1v) is 22.6. The van der Waals surface area contributed by atoms with Crippen molar-refractivity contribution < 1.29 is 9.59 Å². The summed E-state index contributed by atoms with van der Waals surface area (Å²) in [6, 6.07) is 36.3. The molecule has 6 aromatic rings. The van der Waals surface area contributed by atoms with E-state index in [4.69, 9.17) is 9.97 Å². The number of benzene rings is 4. The number of hydrogen-bond acceptors (Lipinski definition) is 6. The van der Waals surface area contributed by atoms with Gasteiger partial charge in [0.15, 0.2) is 0 Å². The van der Waals surface area contributed by atoms with E-state index in [2.05, 4.69) is 89.9 Å². The van der Waals surface area contributed by atoms with Gasteiger partial charge in [-0.05, 0) is 124 Å². The molecule has 4 aromatic carbocycles. The molecule has 10 heteroatoms. The molecule has 0 saturated carbocycles. The minimum atomic E-state index is -0.254. The van der Waals surface area contributed by atoms with E-state index in [0.717, 1.165) is 147 Å². The van der Waals surface area contributed by atoms with E-state index in [1.165, 1.54) is 0 Å². The summed E-state index contributed by atoms with van der Waals surface area (Å²) in [5.74, 6) is 8.70. The van der Waals surface area contributed by atoms with Gasteiger partial charge in [0.05, 0.1) is 35.9 Å². The number of imidazole rings is 2. The number of hydrogen-bond donors (Lipinski definition) is 2. The molecule has 0 aliphatic carbocycles. The van der Waals surface area contributed by atoms with Crippen molar-refractivity contribution in [1.82, 2.24) is 39.5 Å². The van der Waals surface area contributed by atoms with Crippen LogP contribution < -0.4 is 0 Å². The van der Waals surface area contributed by atoms with Crippen LogP contribution in [0.15, 0.2) is 122 Å². The molecule has 314 valence electrons. The van der Waals surface area contributed by atoms with Crippen LogP contribution in [0.1, 0.15) is 109 Å². The lowest BCUT2D eigenvalue weighted by Crippen LogP contribution is -2.42. The van der Waals surface area contributed by atoms with Crippen LogP contribution in [0.5, 0.6) is 0 Å². The van der Waals surface area contributed by atoms with Gasteiger partial charge < -0.3 is 19.8 Å². The van der Waals surface area contributed by atoms with Crippen molar-refractivity contribution in [2.45, 2.75) is 75.5 Å². The summed E-state index contributed by atoms with van der Waals surface area (Å²) in [6.07, 6.45) is 12.0. The minimum Gasteiger partial charge on any atom is -0.340 e. The second-order valence-corrected chi connectivity index (χ2v) is 17.3. The number of nitrogens with one attached hydrogen (secondary N) is 2. The van der Waals surface area contributed by atoms with Gasteiger partial charge in [0, 0.05) is 24.2 Å². The molecule has 4 aliphatic heterocycles. The Kier molecular flexibility index (Phi) is 11.6. The van der Waals surface area contributed by atoms with E-state index in [1.54, 1.807) is 0 Å². The number of aromatic nitrogens is 4. The Morgan fingerprint density at radius 1 is 0.500 bits per heavy atom. The summed E-state index contributed by atoms with van der Waals surface area (Å²) in [4.78, 5) is 54.1. The van der Waals surface area contributed by atoms with Crippen molar-refractivity contribution in [3.8, 4) is 34.4 Å². The molecule has 6 heterocycles. The minimum absolute atomic E-state index is 0.0666. The van der Waals surface area contributed by atoms with Gasteiger partial charge in [-0.3, -0.25) is 19.4 Å². The highest BCUT2D eigenvalue weighted by Gasteiger charge is 2.41. The van der Waals surface area contributed by atoms with Crippen LogP contribution in [-0.2, 0) is 9.59 Å². The molecule has 4 fully saturated rings. The molecular weight excluding hydrogens is 769 g/mol. The van der Waals surface area contributed by atoms with E-state index in [-0.39, 0.29) is 36.0 Å². The van der Waals surface area contributed by atoms with Gasteiger partial charge in [0.2, 0.25) is 11.8 Å². The second kappa shape index (κ2) is 18.0. The number of nitrogens with zero attached hydrogens (tertiary/aromatic N) is 6. The van der Waals surface area contributed by atoms with Crippen molar-refractivity contribution in [2.24, 2.45) is 0 Å². The fourth-order valence-electron chi connectivity index (χ4n) is 10.1. The predicted octanol–water partition coefficient (Wildman–Crippen LogP) is 8.87. The van der Waals surface area contributed by atoms with Gasteiger partial charge in [0.1, 0.15) is 23.7 Å². The maximum absolute atomic E-state index is 14.3. The molecule has 4 aliphatic rings. The van der Waals surface area contributed by atoms with Crippen LogP contribution in [0.3, 0.4) is 0 Å². The van der Waals surface area contributed by atoms with Crippen molar-refractivity contribution in [3.05, 3.63) is 155 Å². The van der Waals surface area contributed by atoms with Crippen LogP contribution >= 0.6 is 0 Å². The molecule has 2 amide bonds. The highest BCUT2D eigenvalue weighted by molar-refractivity contribution is 5.85. The number of amides is 2. The number of carbonyl (C=O) groups excluding carboxylic acids is 2. The van der Waals surface area contributed by atoms with E-state index >= 15 is 0 Å². The molecule has 62 heavy (non-hydrogen) atoms. The standard InChI is InChI=1S/C52H54N8O2/c61-51(47(57-29-7-8-30-57)41-13-3-1-4-14-41)59-33-11-17-45(59)49-53-35-43(55-49)39-25-21-37(22-26-39)19-20-38-23-27-40(28-24-38)44-36-54-50(56-44)46-18-12-34-60(46)52(62)48(58-31-9-10-32-58)42-15-5-2-6-16-42/h1-6,13-16,21-28,35-36,45-48H,7-12,17-18,29-34H2,(H,53,55)(H,54,56). The largest absolute Gasteiger partial charge is 0.340 e. The van der Waals surface area contributed by atoms with Crippen molar-refractivity contribution >= 4 is 11.8 Å². The van der Waals surface area contributed by atoms with Crippen LogP contribution in [0.4, 0.5) is 0 Å². The SMILES string of the molecule is O=C(C(c1ccccc1)N1CCCC1)N1CCCC1c1ncc(-c2ccc(C#Cc3ccc(-c4cnc(C5CCCN5C(=O)C(c5ccccc5)N5CCCC5)[nH]4)cc3)cc2)[nH]1. The Morgan fingerprint density at radius 3 is 1.27 bits per heavy atom. The fraction of sp³-hybridized carbons (Fsp3) is 0.346. The lowest BCUT2D eigenvalue weighted by Gasteiger charge is -2.33. The highest BCUT2D eigenvalue weighted by atomic mass is 16.2. The number of carbonyl (C=O) groups is 2. The Hall–Kier alpha value is -6.28. The lowest BCUT2D eigenvalue weighted by molar-refractivity contribution is -0.138. The molecule has 4 unspecified atom stereocenters. The quantitative estimate of drug-likeness (QED) is 0.134. The Labute approximate surface area is 364 Å². The summed E-state index contributed by atoms with van der Waals surface area (Å²) >= 11 is 0. The maximum atomic E-state index is 14.3. The van der Waals surface area contributed by atoms with Gasteiger partial charge in [-0.25, -0.2) is 9.97 Å². The first-order chi connectivity index (χ1) is 30.6. The molecule has 2 aromatic heterocycles. The summed E-state index contributed by atoms with van der Waals surface area (Å²) in [5, 5.41) is 0. The summed E-state index contributed by atoms with van der Waals surface area (Å²) < 4.78 is 0. The van der Waals surface area contributed by atoms with Crippen molar-refractivity contribution in [3.63, 3.8) is 0 Å². The van der Waals surface area contributed by atoms with Crippen LogP contribution in [0.25, 0.3) is 22.5 Å². The number of H-pyrrole nitrogens is 2. The second-order valence-electron chi connectivity index (χ2n) is 17.3. The van der Waals surface area contributed by atoms with Gasteiger partial charge in [-0.1, -0.05) is 96.8 Å². The first kappa shape index (κ1) is 39.8. The van der Waals surface area contributed by atoms with Gasteiger partial charge in [-0.2, -0.15) is 0 Å². The summed E-state index contributed by atoms with van der Waals surface area (Å²) in [6.45, 7) is 5.30. The van der Waals surface area contributed by atoms with E-state index in [9.17, 15) is 9.59 Å². The zero-order valence-corrected chi connectivity index (χ0v) is 35.3. The van der Waals surface area contributed by atoms with Crippen LogP contribution in [-0.4, -0.2) is 90.6 Å². The van der Waals surface area contributed by atoms with Crippen molar-refractivity contribution in [2.75, 3.05) is 39.3 Å². The molecule has 4 atom stereocenters. The molecule has 10 rings (SSSR count). The molecule has 2 N–H and O–H groups in total. The monoisotopic (exact) mass is 822 g/mol. The molecule has 10 nitrogen and oxygen atoms in total. The summed E-state index contributed by atoms with van der Waals surface area (Å²) in [5.41, 5.74) is 7.91. The third-order valence-corrected chi connectivity index (χ3v) is 13.3. The molecular formula is C52H54N8O2. The van der Waals surface area contributed by atoms with Gasteiger partial charge in [-0.15, -0.1) is 0 Å².